The van der Waals surface area contributed by atoms with Crippen LogP contribution in [-0.4, -0.2) is 27.3 Å². The SMILES string of the molecule is COCc1cc(Br)cc(OC)c1C1CCCNC1. The second-order valence-corrected chi connectivity index (χ2v) is 5.57. The standard InChI is InChI=1S/C14H20BrNO2/c1-17-9-11-6-12(15)7-13(18-2)14(11)10-4-3-5-16-8-10/h6-7,10,16H,3-5,8-9H2,1-2H3. The van der Waals surface area contributed by atoms with Crippen LogP contribution in [0.25, 0.3) is 0 Å². The Hall–Kier alpha value is -0.580. The molecule has 0 bridgehead atoms. The Balaban J connectivity index is 2.39. The van der Waals surface area contributed by atoms with Gasteiger partial charge in [0.05, 0.1) is 13.7 Å². The maximum Gasteiger partial charge on any atom is 0.123 e. The van der Waals surface area contributed by atoms with Crippen molar-refractivity contribution in [3.63, 3.8) is 0 Å². The molecule has 3 nitrogen and oxygen atoms in total. The molecular formula is C14H20BrNO2. The number of rotatable bonds is 4. The van der Waals surface area contributed by atoms with Crippen molar-refractivity contribution in [2.75, 3.05) is 27.3 Å². The summed E-state index contributed by atoms with van der Waals surface area (Å²) < 4.78 is 11.9. The van der Waals surface area contributed by atoms with Crippen molar-refractivity contribution in [2.24, 2.45) is 0 Å². The van der Waals surface area contributed by atoms with E-state index in [1.807, 2.05) is 6.07 Å². The monoisotopic (exact) mass is 313 g/mol. The van der Waals surface area contributed by atoms with Gasteiger partial charge in [-0.25, -0.2) is 0 Å². The van der Waals surface area contributed by atoms with E-state index in [-0.39, 0.29) is 0 Å². The topological polar surface area (TPSA) is 30.5 Å². The molecule has 1 saturated heterocycles. The minimum absolute atomic E-state index is 0.520. The fraction of sp³-hybridized carbons (Fsp3) is 0.571. The van der Waals surface area contributed by atoms with Crippen molar-refractivity contribution in [3.8, 4) is 5.75 Å². The number of methoxy groups -OCH3 is 2. The summed E-state index contributed by atoms with van der Waals surface area (Å²) in [5, 5.41) is 3.46. The van der Waals surface area contributed by atoms with Crippen LogP contribution in [-0.2, 0) is 11.3 Å². The van der Waals surface area contributed by atoms with Gasteiger partial charge in [-0.15, -0.1) is 0 Å². The fourth-order valence-electron chi connectivity index (χ4n) is 2.65. The van der Waals surface area contributed by atoms with Gasteiger partial charge in [0.2, 0.25) is 0 Å². The summed E-state index contributed by atoms with van der Waals surface area (Å²) in [6.45, 7) is 2.77. The summed E-state index contributed by atoms with van der Waals surface area (Å²) in [5.41, 5.74) is 2.52. The molecular weight excluding hydrogens is 294 g/mol. The smallest absolute Gasteiger partial charge is 0.123 e. The van der Waals surface area contributed by atoms with E-state index in [1.165, 1.54) is 24.0 Å². The average molecular weight is 314 g/mol. The zero-order chi connectivity index (χ0) is 13.0. The molecule has 0 amide bonds. The Morgan fingerprint density at radius 2 is 2.22 bits per heavy atom. The summed E-state index contributed by atoms with van der Waals surface area (Å²) in [6.07, 6.45) is 2.43. The molecule has 0 aliphatic carbocycles. The lowest BCUT2D eigenvalue weighted by molar-refractivity contribution is 0.183. The fourth-order valence-corrected chi connectivity index (χ4v) is 3.14. The molecule has 1 atom stereocenters. The predicted octanol–water partition coefficient (Wildman–Crippen LogP) is 3.07. The maximum absolute atomic E-state index is 5.55. The van der Waals surface area contributed by atoms with Gasteiger partial charge in [0, 0.05) is 29.6 Å². The van der Waals surface area contributed by atoms with Crippen LogP contribution in [0, 0.1) is 0 Å². The van der Waals surface area contributed by atoms with Gasteiger partial charge >= 0.3 is 0 Å². The van der Waals surface area contributed by atoms with Crippen molar-refractivity contribution in [1.82, 2.24) is 5.32 Å². The molecule has 0 aromatic heterocycles. The third-order valence-electron chi connectivity index (χ3n) is 3.42. The highest BCUT2D eigenvalue weighted by molar-refractivity contribution is 9.10. The van der Waals surface area contributed by atoms with Crippen molar-refractivity contribution >= 4 is 15.9 Å². The number of nitrogens with one attached hydrogen (secondary N) is 1. The van der Waals surface area contributed by atoms with Crippen molar-refractivity contribution in [1.29, 1.82) is 0 Å². The first-order chi connectivity index (χ1) is 8.76. The van der Waals surface area contributed by atoms with Gasteiger partial charge < -0.3 is 14.8 Å². The zero-order valence-electron chi connectivity index (χ0n) is 11.0. The van der Waals surface area contributed by atoms with Crippen LogP contribution in [0.4, 0.5) is 0 Å². The molecule has 100 valence electrons. The molecule has 1 N–H and O–H groups in total. The number of piperidine rings is 1. The van der Waals surface area contributed by atoms with Crippen molar-refractivity contribution in [2.45, 2.75) is 25.4 Å². The second-order valence-electron chi connectivity index (χ2n) is 4.66. The normalized spacial score (nSPS) is 19.8. The van der Waals surface area contributed by atoms with E-state index in [1.54, 1.807) is 14.2 Å². The number of ether oxygens (including phenoxy) is 2. The number of hydrogen-bond acceptors (Lipinski definition) is 3. The Labute approximate surface area is 117 Å². The van der Waals surface area contributed by atoms with Crippen LogP contribution in [0.15, 0.2) is 16.6 Å². The minimum Gasteiger partial charge on any atom is -0.496 e. The Kier molecular flexibility index (Phi) is 5.03. The molecule has 0 radical (unpaired) electrons. The van der Waals surface area contributed by atoms with Gasteiger partial charge in [0.25, 0.3) is 0 Å². The average Bonchev–Trinajstić information content (AvgIpc) is 2.39. The van der Waals surface area contributed by atoms with Gasteiger partial charge in [0.15, 0.2) is 0 Å². The molecule has 1 aliphatic rings. The van der Waals surface area contributed by atoms with Gasteiger partial charge in [-0.3, -0.25) is 0 Å². The van der Waals surface area contributed by atoms with Gasteiger partial charge in [-0.1, -0.05) is 15.9 Å². The Bertz CT molecular complexity index is 403. The van der Waals surface area contributed by atoms with Crippen LogP contribution >= 0.6 is 15.9 Å². The third kappa shape index (κ3) is 3.05. The van der Waals surface area contributed by atoms with Crippen LogP contribution in [0.2, 0.25) is 0 Å². The van der Waals surface area contributed by atoms with Crippen LogP contribution in [0.3, 0.4) is 0 Å². The molecule has 1 fully saturated rings. The van der Waals surface area contributed by atoms with Gasteiger partial charge in [0.1, 0.15) is 5.75 Å². The number of halogens is 1. The first kappa shape index (κ1) is 13.8. The molecule has 0 saturated carbocycles. The third-order valence-corrected chi connectivity index (χ3v) is 3.88. The zero-order valence-corrected chi connectivity index (χ0v) is 12.5. The van der Waals surface area contributed by atoms with Crippen molar-refractivity contribution < 1.29 is 9.47 Å². The number of hydrogen-bond donors (Lipinski definition) is 1. The van der Waals surface area contributed by atoms with Crippen LogP contribution in [0.1, 0.15) is 29.9 Å². The molecule has 0 spiro atoms. The van der Waals surface area contributed by atoms with E-state index in [0.29, 0.717) is 12.5 Å². The molecule has 1 heterocycles. The lowest BCUT2D eigenvalue weighted by atomic mass is 9.88. The van der Waals surface area contributed by atoms with Crippen LogP contribution in [0.5, 0.6) is 5.75 Å². The Morgan fingerprint density at radius 3 is 2.83 bits per heavy atom. The van der Waals surface area contributed by atoms with E-state index >= 15 is 0 Å². The molecule has 2 rings (SSSR count). The summed E-state index contributed by atoms with van der Waals surface area (Å²) in [7, 11) is 3.47. The van der Waals surface area contributed by atoms with Crippen LogP contribution < -0.4 is 10.1 Å². The second kappa shape index (κ2) is 6.55. The van der Waals surface area contributed by atoms with Crippen molar-refractivity contribution in [3.05, 3.63) is 27.7 Å². The quantitative estimate of drug-likeness (QED) is 0.926. The summed E-state index contributed by atoms with van der Waals surface area (Å²) >= 11 is 3.53. The minimum atomic E-state index is 0.520. The largest absolute Gasteiger partial charge is 0.496 e. The first-order valence-corrected chi connectivity index (χ1v) is 7.11. The van der Waals surface area contributed by atoms with E-state index < -0.39 is 0 Å². The van der Waals surface area contributed by atoms with E-state index in [9.17, 15) is 0 Å². The highest BCUT2D eigenvalue weighted by Gasteiger charge is 2.22. The number of benzene rings is 1. The molecule has 1 aromatic rings. The van der Waals surface area contributed by atoms with Gasteiger partial charge in [-0.05, 0) is 37.1 Å². The summed E-state index contributed by atoms with van der Waals surface area (Å²) in [6, 6.07) is 4.18. The lowest BCUT2D eigenvalue weighted by Gasteiger charge is -2.27. The highest BCUT2D eigenvalue weighted by atomic mass is 79.9. The van der Waals surface area contributed by atoms with Gasteiger partial charge in [-0.2, -0.15) is 0 Å². The molecule has 1 aliphatic heterocycles. The molecule has 1 aromatic carbocycles. The molecule has 1 unspecified atom stereocenters. The maximum atomic E-state index is 5.55. The van der Waals surface area contributed by atoms with E-state index in [0.717, 1.165) is 23.3 Å². The summed E-state index contributed by atoms with van der Waals surface area (Å²) in [4.78, 5) is 0. The summed E-state index contributed by atoms with van der Waals surface area (Å²) in [5.74, 6) is 1.48. The Morgan fingerprint density at radius 1 is 1.39 bits per heavy atom. The lowest BCUT2D eigenvalue weighted by Crippen LogP contribution is -2.29. The predicted molar refractivity (Wildman–Crippen MR) is 76.3 cm³/mol. The van der Waals surface area contributed by atoms with E-state index in [2.05, 4.69) is 27.3 Å². The first-order valence-electron chi connectivity index (χ1n) is 6.32. The van der Waals surface area contributed by atoms with E-state index in [4.69, 9.17) is 9.47 Å². The molecule has 4 heteroatoms. The highest BCUT2D eigenvalue weighted by Crippen LogP contribution is 2.36. The molecule has 18 heavy (non-hydrogen) atoms.